The average Bonchev–Trinajstić information content (AvgIpc) is 2.97. The quantitative estimate of drug-likeness (QED) is 0.351. The lowest BCUT2D eigenvalue weighted by atomic mass is 10.2. The number of carbonyl (C=O) groups is 2. The first-order valence-electron chi connectivity index (χ1n) is 7.58. The molecule has 1 heterocycles. The van der Waals surface area contributed by atoms with Crippen molar-refractivity contribution in [1.82, 2.24) is 4.90 Å². The van der Waals surface area contributed by atoms with E-state index in [0.29, 0.717) is 24.3 Å². The summed E-state index contributed by atoms with van der Waals surface area (Å²) in [5.41, 5.74) is 6.02. The predicted octanol–water partition coefficient (Wildman–Crippen LogP) is 1.07. The van der Waals surface area contributed by atoms with Gasteiger partial charge >= 0.3 is 5.97 Å². The van der Waals surface area contributed by atoms with Gasteiger partial charge in [0.05, 0.1) is 6.54 Å². The van der Waals surface area contributed by atoms with E-state index < -0.39 is 12.0 Å². The molecule has 1 aromatic rings. The summed E-state index contributed by atoms with van der Waals surface area (Å²) in [4.78, 5) is 25.3. The maximum Gasteiger partial charge on any atom is 0.329 e. The van der Waals surface area contributed by atoms with Gasteiger partial charge in [-0.15, -0.1) is 0 Å². The summed E-state index contributed by atoms with van der Waals surface area (Å²) in [7, 11) is 0. The van der Waals surface area contributed by atoms with Crippen LogP contribution in [0.1, 0.15) is 18.9 Å². The van der Waals surface area contributed by atoms with E-state index in [1.807, 2.05) is 0 Å². The lowest BCUT2D eigenvalue weighted by Crippen LogP contribution is -2.40. The summed E-state index contributed by atoms with van der Waals surface area (Å²) in [6.45, 7) is 5.31. The highest BCUT2D eigenvalue weighted by Gasteiger charge is 2.40. The molecular weight excluding hydrogens is 310 g/mol. The molecule has 0 saturated carbocycles. The molecule has 24 heavy (non-hydrogen) atoms. The lowest BCUT2D eigenvalue weighted by Gasteiger charge is -2.20. The van der Waals surface area contributed by atoms with Gasteiger partial charge in [-0.3, -0.25) is 10.2 Å². The molecule has 7 heteroatoms. The highest BCUT2D eigenvalue weighted by molar-refractivity contribution is 5.95. The summed E-state index contributed by atoms with van der Waals surface area (Å²) in [5, 5.41) is 7.46. The largest absolute Gasteiger partial charge is 0.488 e. The first kappa shape index (κ1) is 17.5. The number of amidine groups is 1. The van der Waals surface area contributed by atoms with Crippen LogP contribution in [0.5, 0.6) is 5.75 Å². The van der Waals surface area contributed by atoms with Crippen LogP contribution >= 0.6 is 0 Å². The Morgan fingerprint density at radius 1 is 1.50 bits per heavy atom. The minimum atomic E-state index is -0.663. The fraction of sp³-hybridized carbons (Fsp3) is 0.353. The van der Waals surface area contributed by atoms with Crippen LogP contribution < -0.4 is 10.5 Å². The van der Waals surface area contributed by atoms with Gasteiger partial charge in [-0.25, -0.2) is 4.79 Å². The van der Waals surface area contributed by atoms with Gasteiger partial charge in [0.15, 0.2) is 0 Å². The van der Waals surface area contributed by atoms with Crippen molar-refractivity contribution < 1.29 is 19.1 Å². The van der Waals surface area contributed by atoms with Crippen molar-refractivity contribution >= 4 is 17.7 Å². The van der Waals surface area contributed by atoms with E-state index in [9.17, 15) is 9.59 Å². The highest BCUT2D eigenvalue weighted by Crippen LogP contribution is 2.24. The summed E-state index contributed by atoms with van der Waals surface area (Å²) in [6, 6.07) is 6.18. The van der Waals surface area contributed by atoms with Gasteiger partial charge in [-0.05, 0) is 12.1 Å². The molecule has 1 aliphatic heterocycles. The van der Waals surface area contributed by atoms with E-state index in [-0.39, 0.29) is 24.5 Å². The Morgan fingerprint density at radius 3 is 2.88 bits per heavy atom. The Kier molecular flexibility index (Phi) is 5.57. The molecule has 1 aromatic carbocycles. The maximum absolute atomic E-state index is 12.1. The number of amides is 1. The summed E-state index contributed by atoms with van der Waals surface area (Å²) in [5.74, 6) is -0.188. The molecule has 0 aliphatic carbocycles. The topological polar surface area (TPSA) is 106 Å². The van der Waals surface area contributed by atoms with Gasteiger partial charge in [-0.1, -0.05) is 24.8 Å². The third-order valence-corrected chi connectivity index (χ3v) is 3.73. The molecule has 128 valence electrons. The number of rotatable bonds is 6. The molecule has 1 saturated heterocycles. The molecule has 0 aromatic heterocycles. The lowest BCUT2D eigenvalue weighted by molar-refractivity contribution is -0.151. The number of hydrogen-bond donors (Lipinski definition) is 2. The second-order valence-corrected chi connectivity index (χ2v) is 5.52. The second-order valence-electron chi connectivity index (χ2n) is 5.52. The van der Waals surface area contributed by atoms with Gasteiger partial charge in [0, 0.05) is 18.9 Å². The summed E-state index contributed by atoms with van der Waals surface area (Å²) < 4.78 is 10.9. The Morgan fingerprint density at radius 2 is 2.25 bits per heavy atom. The minimum Gasteiger partial charge on any atom is -0.488 e. The zero-order chi connectivity index (χ0) is 17.7. The number of nitrogens with two attached hydrogens (primary N) is 1. The van der Waals surface area contributed by atoms with Gasteiger partial charge in [0.25, 0.3) is 0 Å². The number of likely N-dealkylation sites (tertiary alicyclic amines) is 1. The highest BCUT2D eigenvalue weighted by atomic mass is 16.5. The number of nitrogens with one attached hydrogen (secondary N) is 1. The fourth-order valence-corrected chi connectivity index (χ4v) is 2.62. The van der Waals surface area contributed by atoms with Crippen LogP contribution in [-0.2, 0) is 14.3 Å². The Bertz CT molecular complexity index is 659. The molecular formula is C17H21N3O4. The predicted molar refractivity (Wildman–Crippen MR) is 88.8 cm³/mol. The maximum atomic E-state index is 12.1. The van der Waals surface area contributed by atoms with Crippen LogP contribution in [0.25, 0.3) is 0 Å². The van der Waals surface area contributed by atoms with Crippen molar-refractivity contribution in [3.63, 3.8) is 0 Å². The smallest absolute Gasteiger partial charge is 0.329 e. The van der Waals surface area contributed by atoms with Crippen molar-refractivity contribution in [2.24, 2.45) is 5.73 Å². The van der Waals surface area contributed by atoms with E-state index in [4.69, 9.17) is 20.6 Å². The van der Waals surface area contributed by atoms with Crippen LogP contribution in [0, 0.1) is 5.41 Å². The van der Waals surface area contributed by atoms with Crippen LogP contribution in [-0.4, -0.2) is 47.9 Å². The van der Waals surface area contributed by atoms with Crippen molar-refractivity contribution in [2.45, 2.75) is 25.5 Å². The summed E-state index contributed by atoms with van der Waals surface area (Å²) >= 11 is 0. The van der Waals surface area contributed by atoms with E-state index >= 15 is 0 Å². The van der Waals surface area contributed by atoms with Crippen molar-refractivity contribution in [3.05, 3.63) is 42.5 Å². The number of nitrogens with zero attached hydrogens (tertiary/aromatic N) is 1. The third-order valence-electron chi connectivity index (χ3n) is 3.73. The van der Waals surface area contributed by atoms with Crippen molar-refractivity contribution in [3.8, 4) is 5.75 Å². The first-order chi connectivity index (χ1) is 11.4. The Labute approximate surface area is 140 Å². The molecule has 7 nitrogen and oxygen atoms in total. The fourth-order valence-electron chi connectivity index (χ4n) is 2.62. The van der Waals surface area contributed by atoms with Crippen LogP contribution in [0.15, 0.2) is 36.9 Å². The second kappa shape index (κ2) is 7.63. The SMILES string of the molecule is C=CCOC(=O)C1CC(Oc2cccc(C(=N)N)c2)CN1C(C)=O. The first-order valence-corrected chi connectivity index (χ1v) is 7.58. The number of carbonyl (C=O) groups excluding carboxylic acids is 2. The number of hydrogen-bond acceptors (Lipinski definition) is 5. The third kappa shape index (κ3) is 4.13. The zero-order valence-electron chi connectivity index (χ0n) is 13.5. The molecule has 0 radical (unpaired) electrons. The normalized spacial score (nSPS) is 19.6. The number of esters is 1. The molecule has 3 N–H and O–H groups in total. The number of ether oxygens (including phenoxy) is 2. The van der Waals surface area contributed by atoms with E-state index in [0.717, 1.165) is 0 Å². The van der Waals surface area contributed by atoms with E-state index in [1.165, 1.54) is 17.9 Å². The molecule has 2 unspecified atom stereocenters. The molecule has 1 aliphatic rings. The van der Waals surface area contributed by atoms with E-state index in [1.54, 1.807) is 24.3 Å². The molecule has 2 rings (SSSR count). The van der Waals surface area contributed by atoms with Gasteiger partial charge < -0.3 is 20.1 Å². The standard InChI is InChI=1S/C17H21N3O4/c1-3-7-23-17(22)15-9-14(10-20(15)11(2)21)24-13-6-4-5-12(8-13)16(18)19/h3-6,8,14-15H,1,7,9-10H2,2H3,(H3,18,19). The van der Waals surface area contributed by atoms with Gasteiger partial charge in [-0.2, -0.15) is 0 Å². The minimum absolute atomic E-state index is 0.0527. The van der Waals surface area contributed by atoms with Crippen LogP contribution in [0.3, 0.4) is 0 Å². The molecule has 2 atom stereocenters. The molecule has 0 bridgehead atoms. The van der Waals surface area contributed by atoms with Crippen LogP contribution in [0.4, 0.5) is 0 Å². The number of benzene rings is 1. The van der Waals surface area contributed by atoms with Gasteiger partial charge in [0.1, 0.15) is 30.3 Å². The van der Waals surface area contributed by atoms with Crippen molar-refractivity contribution in [1.29, 1.82) is 5.41 Å². The monoisotopic (exact) mass is 331 g/mol. The molecule has 0 spiro atoms. The van der Waals surface area contributed by atoms with Crippen molar-refractivity contribution in [2.75, 3.05) is 13.2 Å². The molecule has 1 fully saturated rings. The van der Waals surface area contributed by atoms with Crippen LogP contribution in [0.2, 0.25) is 0 Å². The molecule has 1 amide bonds. The zero-order valence-corrected chi connectivity index (χ0v) is 13.5. The van der Waals surface area contributed by atoms with Gasteiger partial charge in [0.2, 0.25) is 5.91 Å². The Balaban J connectivity index is 2.08. The Hall–Kier alpha value is -2.83. The van der Waals surface area contributed by atoms with E-state index in [2.05, 4.69) is 6.58 Å². The average molecular weight is 331 g/mol. The summed E-state index contributed by atoms with van der Waals surface area (Å²) in [6.07, 6.45) is 1.49. The number of nitrogen functional groups attached to an aromatic ring is 1.